The molecule has 0 amide bonds. The SMILES string of the molecule is COc1ccc(S(=O)(=O)N2C[C@@H](O)C[C@@H]2C(=O)O)cc1OC. The van der Waals surface area contributed by atoms with Crippen molar-refractivity contribution in [1.29, 1.82) is 0 Å². The zero-order chi connectivity index (χ0) is 16.5. The number of carboxylic acids is 1. The highest BCUT2D eigenvalue weighted by atomic mass is 32.2. The number of methoxy groups -OCH3 is 2. The average Bonchev–Trinajstić information content (AvgIpc) is 2.89. The molecule has 1 aromatic rings. The molecule has 0 aliphatic carbocycles. The van der Waals surface area contributed by atoms with E-state index in [1.54, 1.807) is 0 Å². The van der Waals surface area contributed by atoms with E-state index in [2.05, 4.69) is 0 Å². The normalized spacial score (nSPS) is 22.5. The molecular weight excluding hydrogens is 314 g/mol. The van der Waals surface area contributed by atoms with Gasteiger partial charge < -0.3 is 19.7 Å². The van der Waals surface area contributed by atoms with Crippen LogP contribution in [0, 0.1) is 0 Å². The molecule has 0 bridgehead atoms. The van der Waals surface area contributed by atoms with Crippen LogP contribution in [0.4, 0.5) is 0 Å². The first-order valence-electron chi connectivity index (χ1n) is 6.46. The van der Waals surface area contributed by atoms with Crippen LogP contribution in [0.15, 0.2) is 23.1 Å². The van der Waals surface area contributed by atoms with Gasteiger partial charge >= 0.3 is 5.97 Å². The van der Waals surface area contributed by atoms with Crippen molar-refractivity contribution in [3.63, 3.8) is 0 Å². The molecule has 1 saturated heterocycles. The molecule has 9 heteroatoms. The number of ether oxygens (including phenoxy) is 2. The van der Waals surface area contributed by atoms with Gasteiger partial charge in [0.05, 0.1) is 25.2 Å². The number of rotatable bonds is 5. The summed E-state index contributed by atoms with van der Waals surface area (Å²) in [4.78, 5) is 11.1. The average molecular weight is 331 g/mol. The molecule has 1 heterocycles. The third-order valence-corrected chi connectivity index (χ3v) is 5.35. The van der Waals surface area contributed by atoms with Gasteiger partial charge in [-0.25, -0.2) is 8.42 Å². The number of benzene rings is 1. The molecule has 2 N–H and O–H groups in total. The Hall–Kier alpha value is -1.84. The number of hydrogen-bond acceptors (Lipinski definition) is 6. The topological polar surface area (TPSA) is 113 Å². The van der Waals surface area contributed by atoms with Crippen molar-refractivity contribution in [2.24, 2.45) is 0 Å². The molecule has 0 spiro atoms. The van der Waals surface area contributed by atoms with Gasteiger partial charge in [-0.05, 0) is 12.1 Å². The quantitative estimate of drug-likeness (QED) is 0.775. The highest BCUT2D eigenvalue weighted by molar-refractivity contribution is 7.89. The van der Waals surface area contributed by atoms with E-state index in [1.165, 1.54) is 32.4 Å². The Kier molecular flexibility index (Phi) is 4.59. The molecule has 2 rings (SSSR count). The maximum atomic E-state index is 12.6. The number of sulfonamides is 1. The molecule has 1 aliphatic rings. The lowest BCUT2D eigenvalue weighted by molar-refractivity contribution is -0.140. The third-order valence-electron chi connectivity index (χ3n) is 3.48. The Morgan fingerprint density at radius 3 is 2.45 bits per heavy atom. The van der Waals surface area contributed by atoms with Gasteiger partial charge in [0.25, 0.3) is 0 Å². The van der Waals surface area contributed by atoms with Gasteiger partial charge in [-0.15, -0.1) is 0 Å². The van der Waals surface area contributed by atoms with Gasteiger partial charge in [0.2, 0.25) is 10.0 Å². The summed E-state index contributed by atoms with van der Waals surface area (Å²) in [5, 5.41) is 18.7. The van der Waals surface area contributed by atoms with Crippen LogP contribution in [0.5, 0.6) is 11.5 Å². The maximum absolute atomic E-state index is 12.6. The molecule has 1 aromatic carbocycles. The van der Waals surface area contributed by atoms with E-state index < -0.39 is 28.1 Å². The molecule has 1 fully saturated rings. The summed E-state index contributed by atoms with van der Waals surface area (Å²) in [6.07, 6.45) is -1.14. The fraction of sp³-hybridized carbons (Fsp3) is 0.462. The number of carboxylic acid groups (broad SMARTS) is 1. The molecule has 0 unspecified atom stereocenters. The van der Waals surface area contributed by atoms with Crippen LogP contribution >= 0.6 is 0 Å². The minimum Gasteiger partial charge on any atom is -0.493 e. The van der Waals surface area contributed by atoms with Gasteiger partial charge in [-0.3, -0.25) is 4.79 Å². The minimum atomic E-state index is -4.07. The number of aliphatic carboxylic acids is 1. The Balaban J connectivity index is 2.44. The summed E-state index contributed by atoms with van der Waals surface area (Å²) in [5.41, 5.74) is 0. The van der Waals surface area contributed by atoms with Crippen LogP contribution in [-0.4, -0.2) is 61.8 Å². The van der Waals surface area contributed by atoms with Crippen molar-refractivity contribution in [1.82, 2.24) is 4.31 Å². The molecule has 1 aliphatic heterocycles. The number of nitrogens with zero attached hydrogens (tertiary/aromatic N) is 1. The predicted molar refractivity (Wildman–Crippen MR) is 75.5 cm³/mol. The first kappa shape index (κ1) is 16.5. The fourth-order valence-corrected chi connectivity index (χ4v) is 4.03. The van der Waals surface area contributed by atoms with E-state index in [1.807, 2.05) is 0 Å². The van der Waals surface area contributed by atoms with E-state index in [9.17, 15) is 18.3 Å². The second-order valence-corrected chi connectivity index (χ2v) is 6.73. The highest BCUT2D eigenvalue weighted by Crippen LogP contribution is 2.33. The second-order valence-electron chi connectivity index (χ2n) is 4.84. The lowest BCUT2D eigenvalue weighted by atomic mass is 10.2. The van der Waals surface area contributed by atoms with Gasteiger partial charge in [-0.2, -0.15) is 4.31 Å². The largest absolute Gasteiger partial charge is 0.493 e. The molecule has 2 atom stereocenters. The maximum Gasteiger partial charge on any atom is 0.322 e. The lowest BCUT2D eigenvalue weighted by Crippen LogP contribution is -2.40. The molecule has 0 radical (unpaired) electrons. The van der Waals surface area contributed by atoms with E-state index in [4.69, 9.17) is 14.6 Å². The number of hydrogen-bond donors (Lipinski definition) is 2. The van der Waals surface area contributed by atoms with Crippen molar-refractivity contribution >= 4 is 16.0 Å². The van der Waals surface area contributed by atoms with Crippen LogP contribution in [0.3, 0.4) is 0 Å². The van der Waals surface area contributed by atoms with Crippen LogP contribution < -0.4 is 9.47 Å². The molecule has 8 nitrogen and oxygen atoms in total. The van der Waals surface area contributed by atoms with Gasteiger partial charge in [0.15, 0.2) is 11.5 Å². The first-order chi connectivity index (χ1) is 10.3. The van der Waals surface area contributed by atoms with E-state index >= 15 is 0 Å². The zero-order valence-electron chi connectivity index (χ0n) is 12.1. The highest BCUT2D eigenvalue weighted by Gasteiger charge is 2.43. The summed E-state index contributed by atoms with van der Waals surface area (Å²) in [5.74, 6) is -0.714. The molecule has 0 saturated carbocycles. The van der Waals surface area contributed by atoms with Crippen LogP contribution in [0.2, 0.25) is 0 Å². The summed E-state index contributed by atoms with van der Waals surface area (Å²) < 4.78 is 36.1. The number of aliphatic hydroxyl groups excluding tert-OH is 1. The van der Waals surface area contributed by atoms with Crippen molar-refractivity contribution in [3.8, 4) is 11.5 Å². The van der Waals surface area contributed by atoms with Crippen molar-refractivity contribution in [2.75, 3.05) is 20.8 Å². The summed E-state index contributed by atoms with van der Waals surface area (Å²) >= 11 is 0. The van der Waals surface area contributed by atoms with E-state index in [-0.39, 0.29) is 23.6 Å². The molecular formula is C13H17NO7S. The number of carbonyl (C=O) groups is 1. The standard InChI is InChI=1S/C13H17NO7S/c1-20-11-4-3-9(6-12(11)21-2)22(18,19)14-7-8(15)5-10(14)13(16)17/h3-4,6,8,10,15H,5,7H2,1-2H3,(H,16,17)/t8-,10+/m0/s1. The molecule has 122 valence electrons. The Morgan fingerprint density at radius 1 is 1.27 bits per heavy atom. The summed E-state index contributed by atoms with van der Waals surface area (Å²) in [7, 11) is -1.28. The van der Waals surface area contributed by atoms with Crippen LogP contribution in [0.1, 0.15) is 6.42 Å². The molecule has 0 aromatic heterocycles. The monoisotopic (exact) mass is 331 g/mol. The first-order valence-corrected chi connectivity index (χ1v) is 7.90. The minimum absolute atomic E-state index is 0.120. The number of aliphatic hydroxyl groups is 1. The van der Waals surface area contributed by atoms with Gasteiger partial charge in [0, 0.05) is 19.0 Å². The Morgan fingerprint density at radius 2 is 1.91 bits per heavy atom. The summed E-state index contributed by atoms with van der Waals surface area (Å²) in [6.45, 7) is -0.256. The second kappa shape index (κ2) is 6.11. The van der Waals surface area contributed by atoms with Crippen molar-refractivity contribution < 1.29 is 32.9 Å². The van der Waals surface area contributed by atoms with Crippen LogP contribution in [0.25, 0.3) is 0 Å². The zero-order valence-corrected chi connectivity index (χ0v) is 12.9. The third kappa shape index (κ3) is 2.87. The smallest absolute Gasteiger partial charge is 0.322 e. The van der Waals surface area contributed by atoms with Gasteiger partial charge in [0.1, 0.15) is 6.04 Å². The molecule has 22 heavy (non-hydrogen) atoms. The summed E-state index contributed by atoms with van der Waals surface area (Å²) in [6, 6.07) is 2.71. The van der Waals surface area contributed by atoms with Crippen molar-refractivity contribution in [2.45, 2.75) is 23.5 Å². The lowest BCUT2D eigenvalue weighted by Gasteiger charge is -2.21. The van der Waals surface area contributed by atoms with Gasteiger partial charge in [-0.1, -0.05) is 0 Å². The Labute approximate surface area is 127 Å². The number of β-amino-alcohol motifs (C(OH)–C–C–N with tert-alkyl or cyclic N) is 1. The van der Waals surface area contributed by atoms with E-state index in [0.29, 0.717) is 5.75 Å². The fourth-order valence-electron chi connectivity index (χ4n) is 2.39. The van der Waals surface area contributed by atoms with E-state index in [0.717, 1.165) is 4.31 Å². The van der Waals surface area contributed by atoms with Crippen molar-refractivity contribution in [3.05, 3.63) is 18.2 Å². The predicted octanol–water partition coefficient (Wildman–Crippen LogP) is -0.0877. The Bertz CT molecular complexity index is 673. The van der Waals surface area contributed by atoms with Crippen LogP contribution in [-0.2, 0) is 14.8 Å².